The Morgan fingerprint density at radius 2 is 2.06 bits per heavy atom. The first kappa shape index (κ1) is 11.7. The Bertz CT molecular complexity index is 670. The van der Waals surface area contributed by atoms with E-state index < -0.39 is 0 Å². The molecule has 0 spiro atoms. The molecule has 0 saturated heterocycles. The van der Waals surface area contributed by atoms with Gasteiger partial charge in [-0.1, -0.05) is 42.1 Å². The fraction of sp³-hybridized carbons (Fsp3) is 0.231. The van der Waals surface area contributed by atoms with Gasteiger partial charge in [0.25, 0.3) is 0 Å². The Balaban J connectivity index is 2.09. The van der Waals surface area contributed by atoms with E-state index >= 15 is 0 Å². The Morgan fingerprint density at radius 3 is 2.78 bits per heavy atom. The van der Waals surface area contributed by atoms with Crippen LogP contribution in [-0.2, 0) is 6.54 Å². The van der Waals surface area contributed by atoms with Gasteiger partial charge >= 0.3 is 0 Å². The summed E-state index contributed by atoms with van der Waals surface area (Å²) in [6.45, 7) is 2.87. The number of aryl methyl sites for hydroxylation is 1. The number of fused-ring (bicyclic) bond motifs is 1. The highest BCUT2D eigenvalue weighted by Gasteiger charge is 2.14. The van der Waals surface area contributed by atoms with Crippen molar-refractivity contribution in [3.05, 3.63) is 41.6 Å². The minimum absolute atomic E-state index is 0.856. The van der Waals surface area contributed by atoms with Crippen LogP contribution in [0.1, 0.15) is 11.3 Å². The third-order valence-corrected chi connectivity index (χ3v) is 4.49. The lowest BCUT2D eigenvalue weighted by Gasteiger charge is -2.06. The molecule has 0 N–H and O–H groups in total. The fourth-order valence-corrected chi connectivity index (χ4v) is 3.42. The van der Waals surface area contributed by atoms with Crippen molar-refractivity contribution in [3.8, 4) is 0 Å². The first-order chi connectivity index (χ1) is 8.79. The Kier molecular flexibility index (Phi) is 3.09. The van der Waals surface area contributed by atoms with E-state index in [1.165, 1.54) is 21.9 Å². The van der Waals surface area contributed by atoms with E-state index in [1.807, 2.05) is 13.0 Å². The van der Waals surface area contributed by atoms with E-state index in [4.69, 9.17) is 0 Å². The largest absolute Gasteiger partial charge is 0.305 e. The molecule has 0 radical (unpaired) electrons. The molecule has 3 nitrogen and oxygen atoms in total. The molecule has 5 heteroatoms. The molecule has 0 aliphatic rings. The zero-order valence-electron chi connectivity index (χ0n) is 10.3. The highest BCUT2D eigenvalue weighted by atomic mass is 32.2. The number of hydrogen-bond acceptors (Lipinski definition) is 4. The van der Waals surface area contributed by atoms with Crippen LogP contribution in [-0.4, -0.2) is 20.2 Å². The van der Waals surface area contributed by atoms with Crippen molar-refractivity contribution < 1.29 is 0 Å². The molecule has 0 atom stereocenters. The van der Waals surface area contributed by atoms with Crippen LogP contribution in [0, 0.1) is 6.92 Å². The highest BCUT2D eigenvalue weighted by Crippen LogP contribution is 2.28. The average Bonchev–Trinajstić information content (AvgIpc) is 2.92. The second-order valence-electron chi connectivity index (χ2n) is 4.09. The van der Waals surface area contributed by atoms with Gasteiger partial charge in [-0.05, 0) is 30.3 Å². The lowest BCUT2D eigenvalue weighted by Crippen LogP contribution is -2.00. The van der Waals surface area contributed by atoms with E-state index in [9.17, 15) is 0 Å². The summed E-state index contributed by atoms with van der Waals surface area (Å²) in [5.74, 6) is 0. The molecule has 3 aromatic rings. The van der Waals surface area contributed by atoms with Gasteiger partial charge in [-0.15, -0.1) is 0 Å². The smallest absolute Gasteiger partial charge is 0.169 e. The topological polar surface area (TPSA) is 30.7 Å². The predicted octanol–water partition coefficient (Wildman–Crippen LogP) is 3.57. The lowest BCUT2D eigenvalue weighted by molar-refractivity contribution is 0.735. The fourth-order valence-electron chi connectivity index (χ4n) is 1.96. The lowest BCUT2D eigenvalue weighted by atomic mass is 10.2. The van der Waals surface area contributed by atoms with Gasteiger partial charge < -0.3 is 4.57 Å². The van der Waals surface area contributed by atoms with E-state index in [2.05, 4.69) is 44.4 Å². The van der Waals surface area contributed by atoms with Gasteiger partial charge in [-0.2, -0.15) is 4.37 Å². The van der Waals surface area contributed by atoms with Crippen LogP contribution in [0.5, 0.6) is 0 Å². The normalized spacial score (nSPS) is 11.2. The number of rotatable bonds is 3. The molecule has 92 valence electrons. The quantitative estimate of drug-likeness (QED) is 0.685. The first-order valence-corrected chi connectivity index (χ1v) is 7.70. The zero-order chi connectivity index (χ0) is 12.5. The van der Waals surface area contributed by atoms with Gasteiger partial charge in [0.15, 0.2) is 5.16 Å². The Hall–Kier alpha value is -1.33. The van der Waals surface area contributed by atoms with Crippen molar-refractivity contribution >= 4 is 33.6 Å². The second kappa shape index (κ2) is 4.74. The molecule has 1 aromatic carbocycles. The van der Waals surface area contributed by atoms with Crippen LogP contribution in [0.25, 0.3) is 10.3 Å². The highest BCUT2D eigenvalue weighted by molar-refractivity contribution is 7.98. The van der Waals surface area contributed by atoms with Crippen molar-refractivity contribution in [2.45, 2.75) is 18.6 Å². The molecule has 2 aromatic heterocycles. The summed E-state index contributed by atoms with van der Waals surface area (Å²) >= 11 is 3.22. The molecule has 0 unspecified atom stereocenters. The summed E-state index contributed by atoms with van der Waals surface area (Å²) in [7, 11) is 0. The summed E-state index contributed by atoms with van der Waals surface area (Å²) in [6, 6.07) is 10.5. The minimum Gasteiger partial charge on any atom is -0.305 e. The SMILES string of the molecule is CSc1nc2c(C)nsc2n1Cc1ccccc1. The van der Waals surface area contributed by atoms with Gasteiger partial charge in [-0.25, -0.2) is 4.98 Å². The summed E-state index contributed by atoms with van der Waals surface area (Å²) < 4.78 is 6.63. The second-order valence-corrected chi connectivity index (χ2v) is 5.62. The van der Waals surface area contributed by atoms with E-state index in [-0.39, 0.29) is 0 Å². The van der Waals surface area contributed by atoms with Crippen LogP contribution in [0.4, 0.5) is 0 Å². The maximum Gasteiger partial charge on any atom is 0.169 e. The molecule has 0 bridgehead atoms. The van der Waals surface area contributed by atoms with Gasteiger partial charge in [-0.3, -0.25) is 0 Å². The third kappa shape index (κ3) is 1.93. The average molecular weight is 275 g/mol. The predicted molar refractivity (Wildman–Crippen MR) is 77.5 cm³/mol. The zero-order valence-corrected chi connectivity index (χ0v) is 11.9. The summed E-state index contributed by atoms with van der Waals surface area (Å²) in [5.41, 5.74) is 3.36. The van der Waals surface area contributed by atoms with E-state index in [0.29, 0.717) is 0 Å². The molecule has 18 heavy (non-hydrogen) atoms. The summed E-state index contributed by atoms with van der Waals surface area (Å²) in [4.78, 5) is 5.83. The molecule has 0 saturated carbocycles. The molecule has 0 aliphatic heterocycles. The minimum atomic E-state index is 0.856. The van der Waals surface area contributed by atoms with E-state index in [1.54, 1.807) is 11.8 Å². The number of imidazole rings is 1. The molecule has 2 heterocycles. The van der Waals surface area contributed by atoms with Crippen molar-refractivity contribution in [2.75, 3.05) is 6.26 Å². The molecular weight excluding hydrogens is 262 g/mol. The first-order valence-electron chi connectivity index (χ1n) is 5.70. The number of nitrogens with zero attached hydrogens (tertiary/aromatic N) is 3. The summed E-state index contributed by atoms with van der Waals surface area (Å²) in [5, 5.41) is 1.06. The number of benzene rings is 1. The monoisotopic (exact) mass is 275 g/mol. The molecular formula is C13H13N3S2. The van der Waals surface area contributed by atoms with Gasteiger partial charge in [0, 0.05) is 0 Å². The number of aromatic nitrogens is 3. The molecule has 3 rings (SSSR count). The molecule has 0 amide bonds. The Labute approximate surface area is 114 Å². The maximum atomic E-state index is 4.66. The van der Waals surface area contributed by atoms with Crippen LogP contribution in [0.2, 0.25) is 0 Å². The van der Waals surface area contributed by atoms with Crippen LogP contribution in [0.15, 0.2) is 35.5 Å². The van der Waals surface area contributed by atoms with E-state index in [0.717, 1.165) is 22.9 Å². The van der Waals surface area contributed by atoms with Crippen LogP contribution < -0.4 is 0 Å². The van der Waals surface area contributed by atoms with Crippen molar-refractivity contribution in [1.29, 1.82) is 0 Å². The Morgan fingerprint density at radius 1 is 1.28 bits per heavy atom. The number of thioether (sulfide) groups is 1. The standard InChI is InChI=1S/C13H13N3S2/c1-9-11-12(18-15-9)16(13(14-11)17-2)8-10-6-4-3-5-7-10/h3-7H,8H2,1-2H3. The van der Waals surface area contributed by atoms with Gasteiger partial charge in [0.2, 0.25) is 0 Å². The van der Waals surface area contributed by atoms with Crippen LogP contribution >= 0.6 is 23.3 Å². The van der Waals surface area contributed by atoms with Crippen molar-refractivity contribution in [2.24, 2.45) is 0 Å². The molecule has 0 fully saturated rings. The van der Waals surface area contributed by atoms with Crippen molar-refractivity contribution in [1.82, 2.24) is 13.9 Å². The van der Waals surface area contributed by atoms with Crippen LogP contribution in [0.3, 0.4) is 0 Å². The maximum absolute atomic E-state index is 4.66. The number of hydrogen-bond donors (Lipinski definition) is 0. The molecule has 0 aliphatic carbocycles. The van der Waals surface area contributed by atoms with Gasteiger partial charge in [0.05, 0.1) is 12.2 Å². The third-order valence-electron chi connectivity index (χ3n) is 2.86. The summed E-state index contributed by atoms with van der Waals surface area (Å²) in [6.07, 6.45) is 2.07. The van der Waals surface area contributed by atoms with Gasteiger partial charge in [0.1, 0.15) is 10.3 Å². The van der Waals surface area contributed by atoms with Crippen molar-refractivity contribution in [3.63, 3.8) is 0 Å².